The quantitative estimate of drug-likeness (QED) is 0.447. The van der Waals surface area contributed by atoms with Gasteiger partial charge in [0.25, 0.3) is 0 Å². The van der Waals surface area contributed by atoms with E-state index in [1.807, 2.05) is 0 Å². The van der Waals surface area contributed by atoms with Crippen LogP contribution in [0.2, 0.25) is 0 Å². The Kier molecular flexibility index (Phi) is 5.70. The number of rotatable bonds is 4. The van der Waals surface area contributed by atoms with Crippen LogP contribution in [0.5, 0.6) is 0 Å². The van der Waals surface area contributed by atoms with E-state index >= 15 is 0 Å². The predicted molar refractivity (Wildman–Crippen MR) is 110 cm³/mol. The molecule has 7 nitrogen and oxygen atoms in total. The van der Waals surface area contributed by atoms with Crippen LogP contribution < -0.4 is 0 Å². The van der Waals surface area contributed by atoms with Gasteiger partial charge in [-0.15, -0.1) is 0 Å². The molecule has 0 spiro atoms. The first-order chi connectivity index (χ1) is 13.4. The number of pyridine rings is 2. The van der Waals surface area contributed by atoms with Crippen molar-refractivity contribution in [3.63, 3.8) is 0 Å². The lowest BCUT2D eigenvalue weighted by Crippen LogP contribution is -2.25. The summed E-state index contributed by atoms with van der Waals surface area (Å²) < 4.78 is 52.9. The molecule has 3 aromatic rings. The summed E-state index contributed by atoms with van der Waals surface area (Å²) in [5.74, 6) is -0.328. The molecule has 1 atom stereocenters. The van der Waals surface area contributed by atoms with Crippen LogP contribution in [0.25, 0.3) is 22.2 Å². The second kappa shape index (κ2) is 7.77. The summed E-state index contributed by atoms with van der Waals surface area (Å²) in [4.78, 5) is 8.57. The lowest BCUT2D eigenvalue weighted by molar-refractivity contribution is 0.559. The molecule has 0 saturated heterocycles. The maximum absolute atomic E-state index is 13.7. The van der Waals surface area contributed by atoms with E-state index in [0.29, 0.717) is 16.5 Å². The van der Waals surface area contributed by atoms with E-state index in [1.54, 1.807) is 39.0 Å². The van der Waals surface area contributed by atoms with E-state index in [2.05, 4.69) is 19.6 Å². The second-order valence-corrected chi connectivity index (χ2v) is 11.2. The molecule has 2 heterocycles. The third-order valence-electron chi connectivity index (χ3n) is 3.87. The molecule has 3 rings (SSSR count). The molecule has 0 N–H and O–H groups in total. The fourth-order valence-corrected chi connectivity index (χ4v) is 3.36. The Morgan fingerprint density at radius 2 is 1.83 bits per heavy atom. The molecule has 0 saturated carbocycles. The first kappa shape index (κ1) is 21.3. The molecule has 0 fully saturated rings. The molecule has 2 aromatic heterocycles. The van der Waals surface area contributed by atoms with Crippen LogP contribution in [-0.2, 0) is 21.2 Å². The molecule has 152 valence electrons. The van der Waals surface area contributed by atoms with Crippen LogP contribution >= 0.6 is 0 Å². The topological polar surface area (TPSA) is 108 Å². The summed E-state index contributed by atoms with van der Waals surface area (Å²) in [7, 11) is -3.53. The lowest BCUT2D eigenvalue weighted by atomic mass is 10.1. The molecular weight excluding hydrogens is 415 g/mol. The Balaban J connectivity index is 2.22. The van der Waals surface area contributed by atoms with Crippen molar-refractivity contribution < 1.29 is 17.4 Å². The molecular formula is C19H19FN4O3S2. The molecule has 10 heteroatoms. The molecule has 0 aliphatic heterocycles. The number of hydrogen-bond donors (Lipinski definition) is 0. The Morgan fingerprint density at radius 3 is 2.48 bits per heavy atom. The van der Waals surface area contributed by atoms with Crippen LogP contribution in [0.1, 0.15) is 20.8 Å². The molecule has 0 amide bonds. The normalized spacial score (nSPS) is 13.9. The van der Waals surface area contributed by atoms with Gasteiger partial charge in [0.15, 0.2) is 20.7 Å². The zero-order chi connectivity index (χ0) is 21.4. The minimum Gasteiger partial charge on any atom is -0.589 e. The fourth-order valence-electron chi connectivity index (χ4n) is 2.37. The van der Waals surface area contributed by atoms with Crippen molar-refractivity contribution >= 4 is 37.9 Å². The zero-order valence-electron chi connectivity index (χ0n) is 16.2. The van der Waals surface area contributed by atoms with E-state index < -0.39 is 31.8 Å². The molecule has 0 aliphatic rings. The number of hydrogen-bond acceptors (Lipinski definition) is 7. The van der Waals surface area contributed by atoms with E-state index in [0.717, 1.165) is 6.26 Å². The van der Waals surface area contributed by atoms with Gasteiger partial charge in [-0.2, -0.15) is 0 Å². The Labute approximate surface area is 171 Å². The highest BCUT2D eigenvalue weighted by molar-refractivity contribution is 7.91. The standard InChI is InChI=1S/C19H19FN4O3S2/c1-19(2,3)28(25)24-23-18-14(11-12-10-13(20)8-9-15(12)22-18)16-6-5-7-17(21-16)29(4,26)27/h5-11H,1-4H3/b24-23+/t28-/m1/s1. The van der Waals surface area contributed by atoms with Gasteiger partial charge < -0.3 is 4.55 Å². The summed E-state index contributed by atoms with van der Waals surface area (Å²) >= 11 is -1.62. The van der Waals surface area contributed by atoms with E-state index in [-0.39, 0.29) is 16.5 Å². The first-order valence-electron chi connectivity index (χ1n) is 8.57. The maximum atomic E-state index is 13.7. The Bertz CT molecular complexity index is 1210. The number of fused-ring (bicyclic) bond motifs is 1. The number of aromatic nitrogens is 2. The third kappa shape index (κ3) is 4.95. The van der Waals surface area contributed by atoms with Crippen molar-refractivity contribution in [2.75, 3.05) is 6.26 Å². The minimum atomic E-state index is -3.53. The van der Waals surface area contributed by atoms with Gasteiger partial charge >= 0.3 is 0 Å². The molecule has 1 aromatic carbocycles. The largest absolute Gasteiger partial charge is 0.589 e. The highest BCUT2D eigenvalue weighted by atomic mass is 32.2. The van der Waals surface area contributed by atoms with Crippen molar-refractivity contribution in [3.05, 3.63) is 48.3 Å². The molecule has 0 unspecified atom stereocenters. The Hall–Kier alpha value is -2.43. The third-order valence-corrected chi connectivity index (χ3v) is 6.13. The van der Waals surface area contributed by atoms with Gasteiger partial charge in [0.1, 0.15) is 21.9 Å². The first-order valence-corrected chi connectivity index (χ1v) is 11.6. The maximum Gasteiger partial charge on any atom is 0.192 e. The van der Waals surface area contributed by atoms with Gasteiger partial charge in [-0.25, -0.2) is 22.8 Å². The average Bonchev–Trinajstić information content (AvgIpc) is 2.64. The number of nitrogens with zero attached hydrogens (tertiary/aromatic N) is 4. The van der Waals surface area contributed by atoms with Crippen molar-refractivity contribution in [3.8, 4) is 11.3 Å². The fraction of sp³-hybridized carbons (Fsp3) is 0.263. The van der Waals surface area contributed by atoms with Crippen LogP contribution in [0, 0.1) is 5.82 Å². The number of halogens is 1. The van der Waals surface area contributed by atoms with Crippen molar-refractivity contribution in [1.82, 2.24) is 9.97 Å². The molecule has 0 radical (unpaired) electrons. The van der Waals surface area contributed by atoms with Gasteiger partial charge in [-0.1, -0.05) is 11.2 Å². The summed E-state index contributed by atoms with van der Waals surface area (Å²) in [5.41, 5.74) is 1.09. The Morgan fingerprint density at radius 1 is 1.10 bits per heavy atom. The van der Waals surface area contributed by atoms with Crippen LogP contribution in [0.4, 0.5) is 10.2 Å². The van der Waals surface area contributed by atoms with Gasteiger partial charge in [0.05, 0.1) is 11.2 Å². The molecule has 29 heavy (non-hydrogen) atoms. The van der Waals surface area contributed by atoms with Crippen LogP contribution in [0.15, 0.2) is 57.1 Å². The van der Waals surface area contributed by atoms with E-state index in [9.17, 15) is 17.4 Å². The number of sulfone groups is 1. The van der Waals surface area contributed by atoms with Crippen molar-refractivity contribution in [2.24, 2.45) is 9.63 Å². The van der Waals surface area contributed by atoms with Gasteiger partial charge in [0, 0.05) is 21.7 Å². The second-order valence-electron chi connectivity index (χ2n) is 7.37. The summed E-state index contributed by atoms with van der Waals surface area (Å²) in [5, 5.41) is 4.42. The summed E-state index contributed by atoms with van der Waals surface area (Å²) in [6.07, 6.45) is 1.06. The van der Waals surface area contributed by atoms with Crippen molar-refractivity contribution in [2.45, 2.75) is 30.5 Å². The monoisotopic (exact) mass is 434 g/mol. The minimum absolute atomic E-state index is 0.111. The highest BCUT2D eigenvalue weighted by Crippen LogP contribution is 2.33. The van der Waals surface area contributed by atoms with Gasteiger partial charge in [-0.05, 0) is 57.2 Å². The average molecular weight is 435 g/mol. The van der Waals surface area contributed by atoms with Crippen molar-refractivity contribution in [1.29, 1.82) is 0 Å². The predicted octanol–water partition coefficient (Wildman–Crippen LogP) is 4.39. The van der Waals surface area contributed by atoms with Crippen LogP contribution in [0.3, 0.4) is 0 Å². The van der Waals surface area contributed by atoms with Gasteiger partial charge in [0.2, 0.25) is 0 Å². The van der Waals surface area contributed by atoms with Gasteiger partial charge in [-0.3, -0.25) is 0 Å². The highest BCUT2D eigenvalue weighted by Gasteiger charge is 2.27. The SMILES string of the molecule is CC(C)(C)[S@@+]([O-])/N=N/c1nc2ccc(F)cc2cc1-c1cccc(S(C)(=O)=O)n1. The molecule has 0 aliphatic carbocycles. The summed E-state index contributed by atoms with van der Waals surface area (Å²) in [6, 6.07) is 10.2. The smallest absolute Gasteiger partial charge is 0.192 e. The van der Waals surface area contributed by atoms with Crippen LogP contribution in [-0.4, -0.2) is 33.9 Å². The summed E-state index contributed by atoms with van der Waals surface area (Å²) in [6.45, 7) is 5.28. The van der Waals surface area contributed by atoms with E-state index in [4.69, 9.17) is 0 Å². The number of benzene rings is 1. The zero-order valence-corrected chi connectivity index (χ0v) is 17.9. The lowest BCUT2D eigenvalue weighted by Gasteiger charge is -2.16. The van der Waals surface area contributed by atoms with E-state index in [1.165, 1.54) is 24.3 Å². The molecule has 0 bridgehead atoms.